The van der Waals surface area contributed by atoms with Crippen LogP contribution in [-0.2, 0) is 0 Å². The molecule has 0 unspecified atom stereocenters. The van der Waals surface area contributed by atoms with Gasteiger partial charge in [-0.3, -0.25) is 0 Å². The average molecular weight is 278 g/mol. The van der Waals surface area contributed by atoms with Crippen molar-refractivity contribution in [3.63, 3.8) is 0 Å². The van der Waals surface area contributed by atoms with Gasteiger partial charge in [0.1, 0.15) is 5.52 Å². The minimum atomic E-state index is -2.54. The molecule has 2 heterocycles. The molecule has 0 aliphatic carbocycles. The van der Waals surface area contributed by atoms with Gasteiger partial charge in [0.25, 0.3) is 6.43 Å². The van der Waals surface area contributed by atoms with E-state index in [1.165, 1.54) is 41.0 Å². The fourth-order valence-electron chi connectivity index (χ4n) is 1.97. The van der Waals surface area contributed by atoms with Crippen molar-refractivity contribution in [3.8, 4) is 11.3 Å². The summed E-state index contributed by atoms with van der Waals surface area (Å²) in [6.45, 7) is 0. The van der Waals surface area contributed by atoms with Gasteiger partial charge in [0.15, 0.2) is 5.82 Å². The Morgan fingerprint density at radius 3 is 2.50 bits per heavy atom. The zero-order valence-electron chi connectivity index (χ0n) is 10.1. The van der Waals surface area contributed by atoms with Crippen LogP contribution >= 0.6 is 0 Å². The lowest BCUT2D eigenvalue weighted by Crippen LogP contribution is -2.01. The third kappa shape index (κ3) is 1.97. The Kier molecular flexibility index (Phi) is 2.81. The summed E-state index contributed by atoms with van der Waals surface area (Å²) in [7, 11) is 0. The second kappa shape index (κ2) is 4.52. The van der Waals surface area contributed by atoms with Crippen LogP contribution in [0.5, 0.6) is 0 Å². The first-order chi connectivity index (χ1) is 9.56. The van der Waals surface area contributed by atoms with E-state index in [1.807, 2.05) is 0 Å². The summed E-state index contributed by atoms with van der Waals surface area (Å²) in [5.41, 5.74) is 6.54. The monoisotopic (exact) mass is 278 g/mol. The molecule has 7 heteroatoms. The number of halogens is 3. The summed E-state index contributed by atoms with van der Waals surface area (Å²) in [4.78, 5) is 3.72. The van der Waals surface area contributed by atoms with Gasteiger partial charge in [0.05, 0.1) is 11.9 Å². The molecule has 4 nitrogen and oxygen atoms in total. The van der Waals surface area contributed by atoms with Gasteiger partial charge in [-0.05, 0) is 0 Å². The number of nitrogen functional groups attached to an aromatic ring is 1. The van der Waals surface area contributed by atoms with Crippen LogP contribution in [-0.4, -0.2) is 14.6 Å². The molecular weight excluding hydrogens is 269 g/mol. The minimum absolute atomic E-state index is 0.00134. The number of nitrogens with zero attached hydrogens (tertiary/aromatic N) is 3. The van der Waals surface area contributed by atoms with Crippen molar-refractivity contribution in [2.24, 2.45) is 0 Å². The maximum absolute atomic E-state index is 13.8. The average Bonchev–Trinajstić information content (AvgIpc) is 2.75. The Morgan fingerprint density at radius 2 is 1.85 bits per heavy atom. The molecule has 2 aromatic heterocycles. The molecule has 0 fully saturated rings. The van der Waals surface area contributed by atoms with E-state index >= 15 is 0 Å². The molecule has 0 amide bonds. The van der Waals surface area contributed by atoms with Crippen molar-refractivity contribution in [1.29, 1.82) is 0 Å². The van der Waals surface area contributed by atoms with E-state index in [2.05, 4.69) is 10.1 Å². The number of anilines is 1. The number of fused-ring (bicyclic) bond motifs is 1. The van der Waals surface area contributed by atoms with Crippen molar-refractivity contribution in [1.82, 2.24) is 14.6 Å². The molecule has 0 bridgehead atoms. The van der Waals surface area contributed by atoms with Gasteiger partial charge >= 0.3 is 0 Å². The number of hydrogen-bond donors (Lipinski definition) is 1. The molecule has 0 aliphatic rings. The molecule has 3 rings (SSSR count). The highest BCUT2D eigenvalue weighted by atomic mass is 19.3. The largest absolute Gasteiger partial charge is 0.367 e. The first kappa shape index (κ1) is 12.5. The van der Waals surface area contributed by atoms with Gasteiger partial charge in [-0.15, -0.1) is 5.10 Å². The molecule has 2 N–H and O–H groups in total. The smallest absolute Gasteiger partial charge is 0.263 e. The molecule has 0 aliphatic heterocycles. The third-order valence-corrected chi connectivity index (χ3v) is 2.94. The van der Waals surface area contributed by atoms with Crippen LogP contribution in [0.1, 0.15) is 12.0 Å². The van der Waals surface area contributed by atoms with Gasteiger partial charge < -0.3 is 5.73 Å². The number of rotatable bonds is 2. The Hall–Kier alpha value is -2.57. The maximum atomic E-state index is 13.8. The standard InChI is InChI=1S/C13H9F3N4/c14-9-5-10(20-11(9)6-18-13(17)19-20)7-1-3-8(4-2-7)12(15)16/h1-6,12H,(H2,17,19). The Labute approximate surface area is 111 Å². The Balaban J connectivity index is 2.16. The fourth-order valence-corrected chi connectivity index (χ4v) is 1.97. The van der Waals surface area contributed by atoms with E-state index in [-0.39, 0.29) is 17.0 Å². The molecule has 102 valence electrons. The van der Waals surface area contributed by atoms with Crippen LogP contribution in [0.4, 0.5) is 19.1 Å². The van der Waals surface area contributed by atoms with E-state index < -0.39 is 12.2 Å². The summed E-state index contributed by atoms with van der Waals surface area (Å²) >= 11 is 0. The van der Waals surface area contributed by atoms with Crippen LogP contribution < -0.4 is 5.73 Å². The lowest BCUT2D eigenvalue weighted by Gasteiger charge is -2.04. The highest BCUT2D eigenvalue weighted by molar-refractivity contribution is 5.67. The predicted octanol–water partition coefficient (Wildman–Crippen LogP) is 3.06. The fraction of sp³-hybridized carbons (Fsp3) is 0.0769. The molecule has 0 saturated carbocycles. The van der Waals surface area contributed by atoms with Crippen molar-refractivity contribution < 1.29 is 13.2 Å². The minimum Gasteiger partial charge on any atom is -0.367 e. The number of alkyl halides is 2. The molecule has 1 aromatic carbocycles. The topological polar surface area (TPSA) is 56.2 Å². The molecule has 0 atom stereocenters. The summed E-state index contributed by atoms with van der Waals surface area (Å²) in [6, 6.07) is 6.83. The van der Waals surface area contributed by atoms with Crippen LogP contribution in [0.15, 0.2) is 36.5 Å². The second-order valence-corrected chi connectivity index (χ2v) is 4.21. The lowest BCUT2D eigenvalue weighted by molar-refractivity contribution is 0.151. The van der Waals surface area contributed by atoms with Crippen molar-refractivity contribution >= 4 is 11.5 Å². The molecule has 0 saturated heterocycles. The zero-order chi connectivity index (χ0) is 14.3. The summed E-state index contributed by atoms with van der Waals surface area (Å²) < 4.78 is 40.1. The number of nitrogens with two attached hydrogens (primary N) is 1. The first-order valence-corrected chi connectivity index (χ1v) is 5.74. The van der Waals surface area contributed by atoms with E-state index in [0.29, 0.717) is 11.3 Å². The number of hydrogen-bond acceptors (Lipinski definition) is 3. The first-order valence-electron chi connectivity index (χ1n) is 5.74. The van der Waals surface area contributed by atoms with Crippen molar-refractivity contribution in [2.45, 2.75) is 6.43 Å². The SMILES string of the molecule is Nc1ncc2c(F)cc(-c3ccc(C(F)F)cc3)n2n1. The molecule has 20 heavy (non-hydrogen) atoms. The van der Waals surface area contributed by atoms with E-state index in [4.69, 9.17) is 5.73 Å². The normalized spacial score (nSPS) is 11.4. The number of aromatic nitrogens is 3. The summed E-state index contributed by atoms with van der Waals surface area (Å²) in [5, 5.41) is 3.93. The number of benzene rings is 1. The summed E-state index contributed by atoms with van der Waals surface area (Å²) in [6.07, 6.45) is -1.27. The molecule has 3 aromatic rings. The lowest BCUT2D eigenvalue weighted by atomic mass is 10.1. The van der Waals surface area contributed by atoms with Gasteiger partial charge in [-0.1, -0.05) is 24.3 Å². The van der Waals surface area contributed by atoms with E-state index in [9.17, 15) is 13.2 Å². The van der Waals surface area contributed by atoms with Gasteiger partial charge in [0.2, 0.25) is 5.95 Å². The Bertz CT molecular complexity index is 765. The highest BCUT2D eigenvalue weighted by Gasteiger charge is 2.13. The van der Waals surface area contributed by atoms with E-state index in [0.717, 1.165) is 0 Å². The van der Waals surface area contributed by atoms with Crippen molar-refractivity contribution in [3.05, 3.63) is 47.9 Å². The van der Waals surface area contributed by atoms with Crippen molar-refractivity contribution in [2.75, 3.05) is 5.73 Å². The molecule has 0 radical (unpaired) electrons. The zero-order valence-corrected chi connectivity index (χ0v) is 10.1. The summed E-state index contributed by atoms with van der Waals surface area (Å²) in [5.74, 6) is -0.503. The second-order valence-electron chi connectivity index (χ2n) is 4.21. The molecular formula is C13H9F3N4. The van der Waals surface area contributed by atoms with E-state index in [1.54, 1.807) is 0 Å². The predicted molar refractivity (Wildman–Crippen MR) is 67.8 cm³/mol. The third-order valence-electron chi connectivity index (χ3n) is 2.94. The highest BCUT2D eigenvalue weighted by Crippen LogP contribution is 2.27. The molecule has 0 spiro atoms. The van der Waals surface area contributed by atoms with Gasteiger partial charge in [-0.25, -0.2) is 22.7 Å². The van der Waals surface area contributed by atoms with Gasteiger partial charge in [-0.2, -0.15) is 0 Å². The van der Waals surface area contributed by atoms with Crippen LogP contribution in [0.2, 0.25) is 0 Å². The Morgan fingerprint density at radius 1 is 1.15 bits per heavy atom. The van der Waals surface area contributed by atoms with Gasteiger partial charge in [0, 0.05) is 17.2 Å². The van der Waals surface area contributed by atoms with Crippen LogP contribution in [0, 0.1) is 5.82 Å². The maximum Gasteiger partial charge on any atom is 0.263 e. The van der Waals surface area contributed by atoms with Crippen LogP contribution in [0.3, 0.4) is 0 Å². The quantitative estimate of drug-likeness (QED) is 0.783. The van der Waals surface area contributed by atoms with Crippen LogP contribution in [0.25, 0.3) is 16.8 Å².